The van der Waals surface area contributed by atoms with E-state index in [2.05, 4.69) is 4.74 Å². The summed E-state index contributed by atoms with van der Waals surface area (Å²) < 4.78 is 10.7. The van der Waals surface area contributed by atoms with Crippen molar-refractivity contribution in [3.05, 3.63) is 29.3 Å². The Kier molecular flexibility index (Phi) is 4.36. The van der Waals surface area contributed by atoms with Gasteiger partial charge in [0.05, 0.1) is 13.2 Å². The first-order valence-electron chi connectivity index (χ1n) is 7.80. The average Bonchev–Trinajstić information content (AvgIpc) is 3.02. The van der Waals surface area contributed by atoms with Gasteiger partial charge in [-0.1, -0.05) is 18.2 Å². The Bertz CT molecular complexity index is 556. The number of esters is 1. The lowest BCUT2D eigenvalue weighted by Crippen LogP contribution is -2.22. The number of methoxy groups -OCH3 is 1. The minimum absolute atomic E-state index is 0.0301. The van der Waals surface area contributed by atoms with Crippen LogP contribution in [0.3, 0.4) is 0 Å². The van der Waals surface area contributed by atoms with Crippen molar-refractivity contribution in [1.82, 2.24) is 0 Å². The van der Waals surface area contributed by atoms with E-state index in [0.29, 0.717) is 19.3 Å². The molecule has 2 N–H and O–H groups in total. The number of hydrogen-bond acceptors (Lipinski definition) is 5. The number of rotatable bonds is 5. The van der Waals surface area contributed by atoms with E-state index in [1.165, 1.54) is 7.11 Å². The molecule has 0 bridgehead atoms. The van der Waals surface area contributed by atoms with Crippen molar-refractivity contribution in [2.45, 2.75) is 43.8 Å². The summed E-state index contributed by atoms with van der Waals surface area (Å²) in [6.07, 6.45) is 1.87. The van der Waals surface area contributed by atoms with Crippen LogP contribution in [0.5, 0.6) is 5.75 Å². The summed E-state index contributed by atoms with van der Waals surface area (Å²) in [5.41, 5.74) is 2.16. The van der Waals surface area contributed by atoms with Gasteiger partial charge in [0.25, 0.3) is 0 Å². The summed E-state index contributed by atoms with van der Waals surface area (Å²) in [5, 5.41) is 19.6. The van der Waals surface area contributed by atoms with Crippen molar-refractivity contribution in [2.24, 2.45) is 5.92 Å². The second-order valence-corrected chi connectivity index (χ2v) is 6.10. The molecule has 0 amide bonds. The quantitative estimate of drug-likeness (QED) is 0.804. The summed E-state index contributed by atoms with van der Waals surface area (Å²) in [7, 11) is 1.40. The molecular weight excluding hydrogens is 284 g/mol. The summed E-state index contributed by atoms with van der Waals surface area (Å²) in [4.78, 5) is 11.2. The van der Waals surface area contributed by atoms with E-state index >= 15 is 0 Å². The molecule has 4 atom stereocenters. The maximum absolute atomic E-state index is 11.2. The number of hydrogen-bond donors (Lipinski definition) is 2. The third-order valence-electron chi connectivity index (χ3n) is 4.85. The van der Waals surface area contributed by atoms with Gasteiger partial charge in [-0.15, -0.1) is 0 Å². The van der Waals surface area contributed by atoms with Gasteiger partial charge in [0.1, 0.15) is 11.9 Å². The lowest BCUT2D eigenvalue weighted by molar-refractivity contribution is -0.140. The number of aliphatic hydroxyl groups is 2. The normalized spacial score (nSPS) is 28.9. The summed E-state index contributed by atoms with van der Waals surface area (Å²) in [6, 6.07) is 6.02. The maximum Gasteiger partial charge on any atom is 0.305 e. The number of para-hydroxylation sites is 1. The van der Waals surface area contributed by atoms with Crippen molar-refractivity contribution >= 4 is 5.97 Å². The van der Waals surface area contributed by atoms with Crippen LogP contribution in [0.25, 0.3) is 0 Å². The summed E-state index contributed by atoms with van der Waals surface area (Å²) >= 11 is 0. The molecule has 1 fully saturated rings. The first-order valence-corrected chi connectivity index (χ1v) is 7.80. The van der Waals surface area contributed by atoms with E-state index in [4.69, 9.17) is 4.74 Å². The molecule has 22 heavy (non-hydrogen) atoms. The van der Waals surface area contributed by atoms with Crippen LogP contribution in [0.4, 0.5) is 0 Å². The summed E-state index contributed by atoms with van der Waals surface area (Å²) in [6.45, 7) is -0.0301. The lowest BCUT2D eigenvalue weighted by atomic mass is 9.87. The molecule has 5 nitrogen and oxygen atoms in total. The van der Waals surface area contributed by atoms with Crippen LogP contribution >= 0.6 is 0 Å². The highest BCUT2D eigenvalue weighted by Gasteiger charge is 2.49. The fourth-order valence-electron chi connectivity index (χ4n) is 3.75. The molecule has 1 saturated carbocycles. The molecule has 5 heteroatoms. The van der Waals surface area contributed by atoms with Crippen molar-refractivity contribution in [2.75, 3.05) is 13.7 Å². The molecule has 120 valence electrons. The Labute approximate surface area is 129 Å². The Hall–Kier alpha value is -1.59. The largest absolute Gasteiger partial charge is 0.489 e. The molecule has 0 aromatic heterocycles. The van der Waals surface area contributed by atoms with Gasteiger partial charge in [0, 0.05) is 36.8 Å². The minimum Gasteiger partial charge on any atom is -0.489 e. The molecule has 1 heterocycles. The first-order chi connectivity index (χ1) is 10.7. The number of carbonyl (C=O) groups excluding carboxylic acids is 1. The standard InChI is InChI=1S/C17H22O5/c1-21-15(20)7-3-5-10-4-2-6-11-16-12(9-18)13(19)8-14(16)22-17(10)11/h2,4,6,12-14,16,18-19H,3,5,7-9H2,1H3/t12-,13+,14-,16?/m0/s1. The number of aryl methyl sites for hydroxylation is 1. The zero-order valence-electron chi connectivity index (χ0n) is 12.7. The Morgan fingerprint density at radius 1 is 1.45 bits per heavy atom. The van der Waals surface area contributed by atoms with Gasteiger partial charge in [-0.3, -0.25) is 4.79 Å². The molecule has 1 aromatic carbocycles. The summed E-state index contributed by atoms with van der Waals surface area (Å²) in [5.74, 6) is 0.591. The average molecular weight is 306 g/mol. The van der Waals surface area contributed by atoms with E-state index in [1.54, 1.807) is 0 Å². The van der Waals surface area contributed by atoms with Gasteiger partial charge in [-0.25, -0.2) is 0 Å². The predicted octanol–water partition coefficient (Wildman–Crippen LogP) is 1.40. The van der Waals surface area contributed by atoms with Gasteiger partial charge in [0.15, 0.2) is 0 Å². The van der Waals surface area contributed by atoms with Gasteiger partial charge in [0.2, 0.25) is 0 Å². The highest BCUT2D eigenvalue weighted by Crippen LogP contribution is 2.51. The number of carbonyl (C=O) groups is 1. The molecule has 3 rings (SSSR count). The SMILES string of the molecule is COC(=O)CCCc1cccc2c1O[C@H]1C[C@@H](O)[C@H](CO)C21. The van der Waals surface area contributed by atoms with Crippen LogP contribution in [-0.2, 0) is 16.0 Å². The molecule has 0 radical (unpaired) electrons. The van der Waals surface area contributed by atoms with Gasteiger partial charge >= 0.3 is 5.97 Å². The van der Waals surface area contributed by atoms with Crippen LogP contribution in [-0.4, -0.2) is 42.1 Å². The molecule has 1 aromatic rings. The Morgan fingerprint density at radius 2 is 2.27 bits per heavy atom. The predicted molar refractivity (Wildman–Crippen MR) is 79.8 cm³/mol. The second-order valence-electron chi connectivity index (χ2n) is 6.10. The van der Waals surface area contributed by atoms with Crippen LogP contribution in [0.1, 0.15) is 36.3 Å². The van der Waals surface area contributed by atoms with Crippen LogP contribution in [0.2, 0.25) is 0 Å². The topological polar surface area (TPSA) is 76.0 Å². The van der Waals surface area contributed by atoms with Crippen LogP contribution in [0.15, 0.2) is 18.2 Å². The molecule has 0 saturated heterocycles. The van der Waals surface area contributed by atoms with Crippen molar-refractivity contribution < 1.29 is 24.5 Å². The molecular formula is C17H22O5. The highest BCUT2D eigenvalue weighted by molar-refractivity contribution is 5.69. The third kappa shape index (κ3) is 2.59. The van der Waals surface area contributed by atoms with E-state index in [-0.39, 0.29) is 30.5 Å². The number of ether oxygens (including phenoxy) is 2. The van der Waals surface area contributed by atoms with Gasteiger partial charge in [-0.05, 0) is 18.4 Å². The second kappa shape index (κ2) is 6.26. The van der Waals surface area contributed by atoms with Crippen molar-refractivity contribution in [3.8, 4) is 5.75 Å². The number of benzene rings is 1. The monoisotopic (exact) mass is 306 g/mol. The Morgan fingerprint density at radius 3 is 3.00 bits per heavy atom. The van der Waals surface area contributed by atoms with Gasteiger partial charge < -0.3 is 19.7 Å². The zero-order valence-corrected chi connectivity index (χ0v) is 12.7. The molecule has 2 aliphatic rings. The lowest BCUT2D eigenvalue weighted by Gasteiger charge is -2.18. The van der Waals surface area contributed by atoms with Crippen LogP contribution in [0, 0.1) is 5.92 Å². The first kappa shape index (κ1) is 15.3. The van der Waals surface area contributed by atoms with Gasteiger partial charge in [-0.2, -0.15) is 0 Å². The minimum atomic E-state index is -0.504. The van der Waals surface area contributed by atoms with E-state index < -0.39 is 6.10 Å². The van der Waals surface area contributed by atoms with E-state index in [1.807, 2.05) is 18.2 Å². The molecule has 1 aliphatic heterocycles. The van der Waals surface area contributed by atoms with Crippen LogP contribution < -0.4 is 4.74 Å². The van der Waals surface area contributed by atoms with E-state index in [0.717, 1.165) is 23.3 Å². The number of aliphatic hydroxyl groups excluding tert-OH is 2. The maximum atomic E-state index is 11.2. The third-order valence-corrected chi connectivity index (χ3v) is 4.85. The fourth-order valence-corrected chi connectivity index (χ4v) is 3.75. The molecule has 0 spiro atoms. The zero-order chi connectivity index (χ0) is 15.7. The number of fused-ring (bicyclic) bond motifs is 3. The molecule has 1 aliphatic carbocycles. The van der Waals surface area contributed by atoms with Crippen molar-refractivity contribution in [3.63, 3.8) is 0 Å². The highest BCUT2D eigenvalue weighted by atomic mass is 16.5. The Balaban J connectivity index is 1.76. The smallest absolute Gasteiger partial charge is 0.305 e. The molecule has 1 unspecified atom stereocenters. The van der Waals surface area contributed by atoms with E-state index in [9.17, 15) is 15.0 Å². The fraction of sp³-hybridized carbons (Fsp3) is 0.588. The van der Waals surface area contributed by atoms with Crippen molar-refractivity contribution in [1.29, 1.82) is 0 Å².